The van der Waals surface area contributed by atoms with Crippen molar-refractivity contribution >= 4 is 17.3 Å². The molecule has 1 unspecified atom stereocenters. The number of rotatable bonds is 7. The lowest BCUT2D eigenvalue weighted by atomic mass is 10.0. The second-order valence-electron chi connectivity index (χ2n) is 8.77. The average molecular weight is 500 g/mol. The van der Waals surface area contributed by atoms with Gasteiger partial charge in [-0.15, -0.1) is 0 Å². The monoisotopic (exact) mass is 499 g/mol. The van der Waals surface area contributed by atoms with Crippen LogP contribution in [0.25, 0.3) is 0 Å². The Morgan fingerprint density at radius 2 is 1.75 bits per heavy atom. The summed E-state index contributed by atoms with van der Waals surface area (Å²) in [7, 11) is 3.87. The van der Waals surface area contributed by atoms with Crippen molar-refractivity contribution in [3.63, 3.8) is 0 Å². The average Bonchev–Trinajstić information content (AvgIpc) is 3.32. The lowest BCUT2D eigenvalue weighted by Crippen LogP contribution is -2.37. The van der Waals surface area contributed by atoms with Crippen LogP contribution >= 0.6 is 0 Å². The fraction of sp³-hybridized carbons (Fsp3) is 0.259. The molecular formula is C27H25F4N3O2. The summed E-state index contributed by atoms with van der Waals surface area (Å²) in [4.78, 5) is 22.1. The number of hydrogen-bond acceptors (Lipinski definition) is 4. The Morgan fingerprint density at radius 1 is 1.03 bits per heavy atom. The van der Waals surface area contributed by atoms with Crippen LogP contribution in [0.3, 0.4) is 0 Å². The summed E-state index contributed by atoms with van der Waals surface area (Å²) in [5.41, 5.74) is 1.88. The number of anilines is 1. The molecule has 1 aliphatic heterocycles. The molecule has 3 aromatic carbocycles. The first-order chi connectivity index (χ1) is 17.1. The predicted molar refractivity (Wildman–Crippen MR) is 129 cm³/mol. The third-order valence-electron chi connectivity index (χ3n) is 5.89. The van der Waals surface area contributed by atoms with E-state index in [1.807, 2.05) is 43.3 Å². The molecule has 0 aromatic heterocycles. The molecule has 4 rings (SSSR count). The highest BCUT2D eigenvalue weighted by Gasteiger charge is 2.32. The number of halogens is 4. The molecule has 0 bridgehead atoms. The van der Waals surface area contributed by atoms with Crippen LogP contribution in [-0.2, 0) is 17.6 Å². The molecule has 0 saturated heterocycles. The van der Waals surface area contributed by atoms with Crippen LogP contribution in [0.4, 0.5) is 23.2 Å². The number of carbonyl (C=O) groups excluding carboxylic acids is 1. The first-order valence-electron chi connectivity index (χ1n) is 11.3. The first kappa shape index (κ1) is 25.2. The summed E-state index contributed by atoms with van der Waals surface area (Å²) in [6, 6.07) is 18.0. The quantitative estimate of drug-likeness (QED) is 0.389. The van der Waals surface area contributed by atoms with E-state index in [0.717, 1.165) is 23.4 Å². The van der Waals surface area contributed by atoms with Gasteiger partial charge >= 0.3 is 6.18 Å². The molecule has 3 aromatic rings. The maximum absolute atomic E-state index is 14.4. The van der Waals surface area contributed by atoms with Gasteiger partial charge in [0.1, 0.15) is 5.82 Å². The van der Waals surface area contributed by atoms with Crippen molar-refractivity contribution in [3.05, 3.63) is 101 Å². The zero-order chi connectivity index (χ0) is 25.9. The Morgan fingerprint density at radius 3 is 2.42 bits per heavy atom. The van der Waals surface area contributed by atoms with Gasteiger partial charge < -0.3 is 14.6 Å². The summed E-state index contributed by atoms with van der Waals surface area (Å²) < 4.78 is 54.0. The van der Waals surface area contributed by atoms with Crippen molar-refractivity contribution in [2.75, 3.05) is 25.5 Å². The van der Waals surface area contributed by atoms with Crippen LogP contribution < -0.4 is 4.90 Å². The Labute approximate surface area is 206 Å². The van der Waals surface area contributed by atoms with Crippen molar-refractivity contribution in [1.29, 1.82) is 0 Å². The zero-order valence-electron chi connectivity index (χ0n) is 19.8. The summed E-state index contributed by atoms with van der Waals surface area (Å²) in [6.07, 6.45) is -4.66. The van der Waals surface area contributed by atoms with Crippen molar-refractivity contribution in [3.8, 4) is 0 Å². The Kier molecular flexibility index (Phi) is 7.28. The van der Waals surface area contributed by atoms with Gasteiger partial charge in [-0.05, 0) is 47.5 Å². The fourth-order valence-electron chi connectivity index (χ4n) is 3.99. The number of benzene rings is 3. The van der Waals surface area contributed by atoms with Gasteiger partial charge in [0.25, 0.3) is 5.91 Å². The molecule has 1 amide bonds. The van der Waals surface area contributed by atoms with E-state index in [2.05, 4.69) is 5.16 Å². The van der Waals surface area contributed by atoms with Gasteiger partial charge in [0.05, 0.1) is 23.4 Å². The zero-order valence-corrected chi connectivity index (χ0v) is 19.8. The lowest BCUT2D eigenvalue weighted by molar-refractivity contribution is -0.137. The highest BCUT2D eigenvalue weighted by atomic mass is 19.4. The SMILES string of the molecule is CN(C)c1ccc(C2=NOC(CN(Cc3cccc(C(F)(F)F)c3)C(=O)c3ccccc3F)C2)cc1. The fourth-order valence-corrected chi connectivity index (χ4v) is 3.99. The molecule has 36 heavy (non-hydrogen) atoms. The number of alkyl halides is 3. The Hall–Kier alpha value is -3.88. The van der Waals surface area contributed by atoms with Crippen LogP contribution in [-0.4, -0.2) is 43.3 Å². The highest BCUT2D eigenvalue weighted by Crippen LogP contribution is 2.30. The molecule has 0 aliphatic carbocycles. The molecule has 0 radical (unpaired) electrons. The third kappa shape index (κ3) is 5.84. The minimum absolute atomic E-state index is 0.0200. The Balaban J connectivity index is 1.54. The number of carbonyl (C=O) groups is 1. The van der Waals surface area contributed by atoms with Gasteiger partial charge in [-0.3, -0.25) is 4.79 Å². The number of hydrogen-bond donors (Lipinski definition) is 0. The second kappa shape index (κ2) is 10.4. The van der Waals surface area contributed by atoms with E-state index in [0.29, 0.717) is 12.1 Å². The summed E-state index contributed by atoms with van der Waals surface area (Å²) in [6.45, 7) is -0.129. The molecule has 5 nitrogen and oxygen atoms in total. The van der Waals surface area contributed by atoms with E-state index in [1.54, 1.807) is 0 Å². The van der Waals surface area contributed by atoms with Crippen LogP contribution in [0.5, 0.6) is 0 Å². The molecule has 1 aliphatic rings. The predicted octanol–water partition coefficient (Wildman–Crippen LogP) is 5.75. The van der Waals surface area contributed by atoms with E-state index >= 15 is 0 Å². The standard InChI is InChI=1S/C27H25F4N3O2/c1-33(2)21-12-10-19(11-13-21)25-15-22(36-32-25)17-34(26(35)23-8-3-4-9-24(23)28)16-18-6-5-7-20(14-18)27(29,30)31/h3-14,22H,15-17H2,1-2H3. The maximum Gasteiger partial charge on any atom is 0.416 e. The first-order valence-corrected chi connectivity index (χ1v) is 11.3. The molecule has 1 heterocycles. The van der Waals surface area contributed by atoms with Crippen LogP contribution in [0.2, 0.25) is 0 Å². The van der Waals surface area contributed by atoms with Gasteiger partial charge in [-0.1, -0.05) is 41.6 Å². The largest absolute Gasteiger partial charge is 0.416 e. The topological polar surface area (TPSA) is 45.1 Å². The normalized spacial score (nSPS) is 15.3. The van der Waals surface area contributed by atoms with Gasteiger partial charge in [-0.25, -0.2) is 4.39 Å². The molecule has 0 fully saturated rings. The lowest BCUT2D eigenvalue weighted by Gasteiger charge is -2.25. The van der Waals surface area contributed by atoms with Crippen molar-refractivity contribution in [2.24, 2.45) is 5.16 Å². The van der Waals surface area contributed by atoms with E-state index in [1.165, 1.54) is 41.3 Å². The van der Waals surface area contributed by atoms with Crippen LogP contribution in [0.1, 0.15) is 33.5 Å². The van der Waals surface area contributed by atoms with Crippen molar-refractivity contribution in [1.82, 2.24) is 4.90 Å². The number of nitrogens with zero attached hydrogens (tertiary/aromatic N) is 3. The van der Waals surface area contributed by atoms with E-state index < -0.39 is 29.6 Å². The van der Waals surface area contributed by atoms with Gasteiger partial charge in [-0.2, -0.15) is 13.2 Å². The third-order valence-corrected chi connectivity index (χ3v) is 5.89. The molecule has 1 atom stereocenters. The summed E-state index contributed by atoms with van der Waals surface area (Å²) in [5.74, 6) is -1.35. The van der Waals surface area contributed by atoms with Crippen LogP contribution in [0.15, 0.2) is 78.0 Å². The van der Waals surface area contributed by atoms with E-state index in [4.69, 9.17) is 4.84 Å². The number of amides is 1. The molecule has 0 spiro atoms. The Bertz CT molecular complexity index is 1260. The molecule has 9 heteroatoms. The maximum atomic E-state index is 14.4. The van der Waals surface area contributed by atoms with Gasteiger partial charge in [0.15, 0.2) is 6.10 Å². The minimum Gasteiger partial charge on any atom is -0.390 e. The molecule has 0 saturated carbocycles. The number of oxime groups is 1. The molecular weight excluding hydrogens is 474 g/mol. The van der Waals surface area contributed by atoms with Gasteiger partial charge in [0.2, 0.25) is 0 Å². The summed E-state index contributed by atoms with van der Waals surface area (Å²) >= 11 is 0. The van der Waals surface area contributed by atoms with Gasteiger partial charge in [0, 0.05) is 32.7 Å². The van der Waals surface area contributed by atoms with E-state index in [-0.39, 0.29) is 24.2 Å². The minimum atomic E-state index is -4.52. The molecule has 188 valence electrons. The van der Waals surface area contributed by atoms with E-state index in [9.17, 15) is 22.4 Å². The summed E-state index contributed by atoms with van der Waals surface area (Å²) in [5, 5.41) is 4.16. The molecule has 0 N–H and O–H groups in total. The second-order valence-corrected chi connectivity index (χ2v) is 8.77. The smallest absolute Gasteiger partial charge is 0.390 e. The van der Waals surface area contributed by atoms with Crippen molar-refractivity contribution in [2.45, 2.75) is 25.2 Å². The van der Waals surface area contributed by atoms with Crippen molar-refractivity contribution < 1.29 is 27.2 Å². The van der Waals surface area contributed by atoms with Crippen LogP contribution in [0, 0.1) is 5.82 Å². The highest BCUT2D eigenvalue weighted by molar-refractivity contribution is 6.01.